The van der Waals surface area contributed by atoms with E-state index in [0.29, 0.717) is 36.5 Å². The van der Waals surface area contributed by atoms with Crippen molar-refractivity contribution in [1.82, 2.24) is 10.2 Å². The van der Waals surface area contributed by atoms with Gasteiger partial charge >= 0.3 is 6.09 Å². The third kappa shape index (κ3) is 7.21. The normalized spacial score (nSPS) is 15.3. The highest BCUT2D eigenvalue weighted by atomic mass is 35.5. The molecule has 2 amide bonds. The van der Waals surface area contributed by atoms with Crippen molar-refractivity contribution >= 4 is 29.4 Å². The average Bonchev–Trinajstić information content (AvgIpc) is 2.59. The number of hydrogen-bond acceptors (Lipinski definition) is 4. The SMILES string of the molecule is CC(C)(C)OC(=O)NC1CCN(C(=O)CCC(=O)c2ccc(Cl)cc2)CC1. The first-order valence-electron chi connectivity index (χ1n) is 9.20. The second-order valence-corrected chi connectivity index (χ2v) is 8.17. The maximum atomic E-state index is 12.3. The summed E-state index contributed by atoms with van der Waals surface area (Å²) < 4.78 is 5.25. The molecular formula is C20H27ClN2O4. The fraction of sp³-hybridized carbons (Fsp3) is 0.550. The molecule has 1 aliphatic rings. The second kappa shape index (κ2) is 9.22. The minimum Gasteiger partial charge on any atom is -0.444 e. The van der Waals surface area contributed by atoms with Gasteiger partial charge in [0.15, 0.2) is 5.78 Å². The topological polar surface area (TPSA) is 75.7 Å². The van der Waals surface area contributed by atoms with Gasteiger partial charge in [0.1, 0.15) is 5.60 Å². The molecule has 1 aliphatic heterocycles. The van der Waals surface area contributed by atoms with Crippen LogP contribution in [0.2, 0.25) is 5.02 Å². The van der Waals surface area contributed by atoms with E-state index in [0.717, 1.165) is 0 Å². The van der Waals surface area contributed by atoms with Gasteiger partial charge in [0.25, 0.3) is 0 Å². The monoisotopic (exact) mass is 394 g/mol. The number of carbonyl (C=O) groups is 3. The van der Waals surface area contributed by atoms with Crippen LogP contribution in [0.15, 0.2) is 24.3 Å². The molecule has 1 saturated heterocycles. The van der Waals surface area contributed by atoms with Crippen LogP contribution >= 0.6 is 11.6 Å². The number of carbonyl (C=O) groups excluding carboxylic acids is 3. The van der Waals surface area contributed by atoms with Crippen molar-refractivity contribution in [2.24, 2.45) is 0 Å². The van der Waals surface area contributed by atoms with Crippen molar-refractivity contribution in [1.29, 1.82) is 0 Å². The smallest absolute Gasteiger partial charge is 0.407 e. The Labute approximate surface area is 165 Å². The fourth-order valence-corrected chi connectivity index (χ4v) is 3.03. The number of hydrogen-bond donors (Lipinski definition) is 1. The first-order chi connectivity index (χ1) is 12.6. The standard InChI is InChI=1S/C20H27ClN2O4/c1-20(2,3)27-19(26)22-16-10-12-23(13-11-16)18(25)9-8-17(24)14-4-6-15(21)7-5-14/h4-7,16H,8-13H2,1-3H3,(H,22,26). The Hall–Kier alpha value is -2.08. The van der Waals surface area contributed by atoms with E-state index in [9.17, 15) is 14.4 Å². The Balaban J connectivity index is 1.72. The second-order valence-electron chi connectivity index (χ2n) is 7.73. The Kier molecular flexibility index (Phi) is 7.25. The Morgan fingerprint density at radius 1 is 1.11 bits per heavy atom. The molecule has 0 bridgehead atoms. The number of likely N-dealkylation sites (tertiary alicyclic amines) is 1. The van der Waals surface area contributed by atoms with Gasteiger partial charge in [-0.3, -0.25) is 9.59 Å². The number of halogens is 1. The largest absolute Gasteiger partial charge is 0.444 e. The lowest BCUT2D eigenvalue weighted by atomic mass is 10.0. The third-order valence-electron chi connectivity index (χ3n) is 4.30. The van der Waals surface area contributed by atoms with Gasteiger partial charge in [-0.05, 0) is 57.9 Å². The van der Waals surface area contributed by atoms with Gasteiger partial charge in [-0.25, -0.2) is 4.79 Å². The maximum absolute atomic E-state index is 12.3. The average molecular weight is 395 g/mol. The number of Topliss-reactive ketones (excluding diaryl/α,β-unsaturated/α-hetero) is 1. The number of ketones is 1. The summed E-state index contributed by atoms with van der Waals surface area (Å²) in [6.07, 6.45) is 1.29. The summed E-state index contributed by atoms with van der Waals surface area (Å²) in [6.45, 7) is 6.58. The lowest BCUT2D eigenvalue weighted by Crippen LogP contribution is -2.47. The van der Waals surface area contributed by atoms with Crippen molar-refractivity contribution in [2.75, 3.05) is 13.1 Å². The molecular weight excluding hydrogens is 368 g/mol. The van der Waals surface area contributed by atoms with Crippen LogP contribution in [0.5, 0.6) is 0 Å². The minimum absolute atomic E-state index is 0.000371. The van der Waals surface area contributed by atoms with Gasteiger partial charge in [0.05, 0.1) is 0 Å². The van der Waals surface area contributed by atoms with Crippen molar-refractivity contribution in [3.05, 3.63) is 34.9 Å². The number of alkyl carbamates (subject to hydrolysis) is 1. The van der Waals surface area contributed by atoms with Crippen LogP contribution in [0, 0.1) is 0 Å². The number of piperidine rings is 1. The molecule has 0 atom stereocenters. The number of benzene rings is 1. The predicted molar refractivity (Wildman–Crippen MR) is 104 cm³/mol. The summed E-state index contributed by atoms with van der Waals surface area (Å²) in [5.74, 6) is -0.102. The van der Waals surface area contributed by atoms with E-state index < -0.39 is 11.7 Å². The van der Waals surface area contributed by atoms with Crippen molar-refractivity contribution < 1.29 is 19.1 Å². The molecule has 1 N–H and O–H groups in total. The number of rotatable bonds is 5. The number of amides is 2. The molecule has 0 saturated carbocycles. The van der Waals surface area contributed by atoms with Gasteiger partial charge in [0, 0.05) is 42.6 Å². The summed E-state index contributed by atoms with van der Waals surface area (Å²) >= 11 is 5.81. The van der Waals surface area contributed by atoms with E-state index in [1.807, 2.05) is 20.8 Å². The van der Waals surface area contributed by atoms with Crippen molar-refractivity contribution in [2.45, 2.75) is 58.1 Å². The molecule has 0 radical (unpaired) electrons. The summed E-state index contributed by atoms with van der Waals surface area (Å²) in [6, 6.07) is 6.67. The summed E-state index contributed by atoms with van der Waals surface area (Å²) in [4.78, 5) is 38.1. The molecule has 0 aromatic heterocycles. The quantitative estimate of drug-likeness (QED) is 0.770. The molecule has 1 fully saturated rings. The van der Waals surface area contributed by atoms with Crippen LogP contribution in [0.1, 0.15) is 56.8 Å². The highest BCUT2D eigenvalue weighted by Crippen LogP contribution is 2.16. The van der Waals surface area contributed by atoms with E-state index in [1.54, 1.807) is 29.2 Å². The zero-order valence-corrected chi connectivity index (χ0v) is 16.8. The lowest BCUT2D eigenvalue weighted by molar-refractivity contribution is -0.132. The zero-order chi connectivity index (χ0) is 20.0. The van der Waals surface area contributed by atoms with Gasteiger partial charge in [0.2, 0.25) is 5.91 Å². The fourth-order valence-electron chi connectivity index (χ4n) is 2.91. The number of nitrogens with zero attached hydrogens (tertiary/aromatic N) is 1. The summed E-state index contributed by atoms with van der Waals surface area (Å²) in [5.41, 5.74) is 0.0321. The number of ether oxygens (including phenoxy) is 1. The first-order valence-corrected chi connectivity index (χ1v) is 9.58. The lowest BCUT2D eigenvalue weighted by Gasteiger charge is -2.33. The number of nitrogens with one attached hydrogen (secondary N) is 1. The van der Waals surface area contributed by atoms with Crippen LogP contribution in [-0.4, -0.2) is 47.4 Å². The highest BCUT2D eigenvalue weighted by molar-refractivity contribution is 6.30. The van der Waals surface area contributed by atoms with Gasteiger partial charge in [-0.15, -0.1) is 0 Å². The maximum Gasteiger partial charge on any atom is 0.407 e. The molecule has 27 heavy (non-hydrogen) atoms. The Morgan fingerprint density at radius 2 is 1.70 bits per heavy atom. The molecule has 1 heterocycles. The minimum atomic E-state index is -0.530. The van der Waals surface area contributed by atoms with Crippen LogP contribution in [0.25, 0.3) is 0 Å². The summed E-state index contributed by atoms with van der Waals surface area (Å²) in [5, 5.41) is 3.42. The van der Waals surface area contributed by atoms with Crippen LogP contribution in [0.4, 0.5) is 4.79 Å². The Bertz CT molecular complexity index is 674. The summed E-state index contributed by atoms with van der Waals surface area (Å²) in [7, 11) is 0. The molecule has 1 aromatic carbocycles. The van der Waals surface area contributed by atoms with E-state index in [4.69, 9.17) is 16.3 Å². The third-order valence-corrected chi connectivity index (χ3v) is 4.55. The Morgan fingerprint density at radius 3 is 2.26 bits per heavy atom. The first kappa shape index (κ1) is 21.2. The van der Waals surface area contributed by atoms with Crippen molar-refractivity contribution in [3.8, 4) is 0 Å². The molecule has 0 aliphatic carbocycles. The molecule has 2 rings (SSSR count). The molecule has 0 spiro atoms. The van der Waals surface area contributed by atoms with Crippen LogP contribution in [0.3, 0.4) is 0 Å². The van der Waals surface area contributed by atoms with Gasteiger partial charge in [-0.2, -0.15) is 0 Å². The molecule has 148 valence electrons. The van der Waals surface area contributed by atoms with E-state index >= 15 is 0 Å². The van der Waals surface area contributed by atoms with Gasteiger partial charge < -0.3 is 15.0 Å². The van der Waals surface area contributed by atoms with Gasteiger partial charge in [-0.1, -0.05) is 11.6 Å². The highest BCUT2D eigenvalue weighted by Gasteiger charge is 2.25. The van der Waals surface area contributed by atoms with E-state index in [2.05, 4.69) is 5.32 Å². The molecule has 0 unspecified atom stereocenters. The molecule has 6 nitrogen and oxygen atoms in total. The zero-order valence-electron chi connectivity index (χ0n) is 16.1. The van der Waals surface area contributed by atoms with Crippen LogP contribution < -0.4 is 5.32 Å². The molecule has 1 aromatic rings. The van der Waals surface area contributed by atoms with E-state index in [-0.39, 0.29) is 30.6 Å². The van der Waals surface area contributed by atoms with E-state index in [1.165, 1.54) is 0 Å². The predicted octanol–water partition coefficient (Wildman–Crippen LogP) is 3.82. The molecule has 7 heteroatoms. The van der Waals surface area contributed by atoms with Crippen LogP contribution in [-0.2, 0) is 9.53 Å². The van der Waals surface area contributed by atoms with Crippen molar-refractivity contribution in [3.63, 3.8) is 0 Å².